The first kappa shape index (κ1) is 21.4. The quantitative estimate of drug-likeness (QED) is 0.352. The van der Waals surface area contributed by atoms with Crippen LogP contribution >= 0.6 is 38.9 Å². The third kappa shape index (κ3) is 3.91. The predicted octanol–water partition coefficient (Wildman–Crippen LogP) is 5.48. The van der Waals surface area contributed by atoms with Crippen molar-refractivity contribution in [2.45, 2.75) is 13.8 Å². The van der Waals surface area contributed by atoms with Gasteiger partial charge in [-0.15, -0.1) is 0 Å². The number of rotatable bonds is 3. The number of thiazole rings is 1. The number of halogens is 2. The number of amides is 1. The average Bonchev–Trinajstić information content (AvgIpc) is 3.35. The number of anilines is 1. The highest BCUT2D eigenvalue weighted by molar-refractivity contribution is 9.10. The third-order valence-corrected chi connectivity index (χ3v) is 7.41. The fourth-order valence-corrected chi connectivity index (χ4v) is 5.75. The van der Waals surface area contributed by atoms with Gasteiger partial charge in [0.2, 0.25) is 5.13 Å². The molecular formula is C23H21BrClN5OS. The van der Waals surface area contributed by atoms with Crippen LogP contribution in [0.1, 0.15) is 21.7 Å². The second-order valence-electron chi connectivity index (χ2n) is 7.87. The Morgan fingerprint density at radius 2 is 1.88 bits per heavy atom. The van der Waals surface area contributed by atoms with Gasteiger partial charge >= 0.3 is 0 Å². The number of piperazine rings is 1. The van der Waals surface area contributed by atoms with Crippen LogP contribution in [0.4, 0.5) is 5.69 Å². The fraction of sp³-hybridized carbons (Fsp3) is 0.261. The second kappa shape index (κ2) is 8.50. The molecule has 2 aromatic heterocycles. The van der Waals surface area contributed by atoms with Crippen LogP contribution in [0.3, 0.4) is 0 Å². The van der Waals surface area contributed by atoms with Crippen molar-refractivity contribution in [1.29, 1.82) is 0 Å². The lowest BCUT2D eigenvalue weighted by atomic mass is 10.1. The molecule has 0 spiro atoms. The fourth-order valence-electron chi connectivity index (χ4n) is 4.09. The molecule has 0 atom stereocenters. The van der Waals surface area contributed by atoms with Crippen LogP contribution in [0.2, 0.25) is 5.02 Å². The number of benzene rings is 2. The first-order valence-corrected chi connectivity index (χ1v) is 12.3. The van der Waals surface area contributed by atoms with Gasteiger partial charge in [-0.2, -0.15) is 5.10 Å². The van der Waals surface area contributed by atoms with E-state index in [9.17, 15) is 4.79 Å². The molecule has 1 fully saturated rings. The Bertz CT molecular complexity index is 1330. The van der Waals surface area contributed by atoms with E-state index in [0.29, 0.717) is 36.8 Å². The lowest BCUT2D eigenvalue weighted by Crippen LogP contribution is -2.49. The van der Waals surface area contributed by atoms with E-state index >= 15 is 0 Å². The number of hydrogen-bond acceptors (Lipinski definition) is 5. The first-order chi connectivity index (χ1) is 15.4. The summed E-state index contributed by atoms with van der Waals surface area (Å²) >= 11 is 11.7. The number of fused-ring (bicyclic) bond motifs is 1. The van der Waals surface area contributed by atoms with Crippen LogP contribution in [-0.2, 0) is 0 Å². The number of carbonyl (C=O) groups is 1. The molecule has 4 aromatic rings. The van der Waals surface area contributed by atoms with E-state index in [2.05, 4.69) is 25.9 Å². The zero-order valence-corrected chi connectivity index (χ0v) is 20.8. The Morgan fingerprint density at radius 1 is 1.09 bits per heavy atom. The molecule has 0 aliphatic carbocycles. The molecule has 0 radical (unpaired) electrons. The molecule has 1 aliphatic rings. The number of aryl methyl sites for hydroxylation is 2. The zero-order chi connectivity index (χ0) is 22.4. The highest BCUT2D eigenvalue weighted by atomic mass is 79.9. The molecule has 3 heterocycles. The molecule has 0 unspecified atom stereocenters. The van der Waals surface area contributed by atoms with Gasteiger partial charge in [-0.3, -0.25) is 4.79 Å². The predicted molar refractivity (Wildman–Crippen MR) is 133 cm³/mol. The molecule has 5 rings (SSSR count). The molecule has 0 N–H and O–H groups in total. The lowest BCUT2D eigenvalue weighted by molar-refractivity contribution is 0.0747. The zero-order valence-electron chi connectivity index (χ0n) is 17.7. The summed E-state index contributed by atoms with van der Waals surface area (Å²) in [6.45, 7) is 6.67. The number of carbonyl (C=O) groups excluding carboxylic acids is 1. The summed E-state index contributed by atoms with van der Waals surface area (Å²) in [5, 5.41) is 6.08. The summed E-state index contributed by atoms with van der Waals surface area (Å²) in [4.78, 5) is 22.0. The Morgan fingerprint density at radius 3 is 2.56 bits per heavy atom. The van der Waals surface area contributed by atoms with Gasteiger partial charge in [-0.05, 0) is 50.2 Å². The van der Waals surface area contributed by atoms with Gasteiger partial charge in [0.1, 0.15) is 5.52 Å². The summed E-state index contributed by atoms with van der Waals surface area (Å²) in [7, 11) is 0. The summed E-state index contributed by atoms with van der Waals surface area (Å²) in [6, 6.07) is 13.5. The average molecular weight is 531 g/mol. The van der Waals surface area contributed by atoms with Crippen molar-refractivity contribution < 1.29 is 4.79 Å². The maximum atomic E-state index is 12.9. The van der Waals surface area contributed by atoms with Crippen LogP contribution in [0.5, 0.6) is 0 Å². The molecule has 6 nitrogen and oxygen atoms in total. The van der Waals surface area contributed by atoms with Crippen molar-refractivity contribution in [1.82, 2.24) is 19.7 Å². The van der Waals surface area contributed by atoms with Crippen molar-refractivity contribution in [3.05, 3.63) is 68.9 Å². The molecule has 32 heavy (non-hydrogen) atoms. The number of hydrogen-bond donors (Lipinski definition) is 0. The van der Waals surface area contributed by atoms with Crippen molar-refractivity contribution in [3.63, 3.8) is 0 Å². The van der Waals surface area contributed by atoms with Crippen molar-refractivity contribution in [3.8, 4) is 5.13 Å². The largest absolute Gasteiger partial charge is 0.365 e. The van der Waals surface area contributed by atoms with Gasteiger partial charge in [0.05, 0.1) is 21.1 Å². The minimum absolute atomic E-state index is 0.0516. The summed E-state index contributed by atoms with van der Waals surface area (Å²) in [5.74, 6) is 0.0516. The van der Waals surface area contributed by atoms with E-state index in [1.807, 2.05) is 65.9 Å². The Balaban J connectivity index is 1.41. The minimum atomic E-state index is 0.0516. The highest BCUT2D eigenvalue weighted by Gasteiger charge is 2.26. The van der Waals surface area contributed by atoms with Gasteiger partial charge in [0, 0.05) is 41.9 Å². The standard InChI is InChI=1S/C23H21BrClN5OS/c1-14-12-15(2)30(27-14)23-26-20-19(32-23)7-6-18(25)21(20)28-8-10-29(11-9-28)22(31)16-4-3-5-17(24)13-16/h3-7,12-13H,8-11H2,1-2H3. The van der Waals surface area contributed by atoms with E-state index in [1.54, 1.807) is 11.3 Å². The smallest absolute Gasteiger partial charge is 0.254 e. The minimum Gasteiger partial charge on any atom is -0.365 e. The molecule has 0 saturated carbocycles. The maximum Gasteiger partial charge on any atom is 0.254 e. The third-order valence-electron chi connectivity index (χ3n) is 5.62. The number of nitrogens with zero attached hydrogens (tertiary/aromatic N) is 5. The molecule has 164 valence electrons. The highest BCUT2D eigenvalue weighted by Crippen LogP contribution is 2.38. The lowest BCUT2D eigenvalue weighted by Gasteiger charge is -2.36. The molecular weight excluding hydrogens is 510 g/mol. The molecule has 0 bridgehead atoms. The molecule has 1 amide bonds. The topological polar surface area (TPSA) is 54.3 Å². The van der Waals surface area contributed by atoms with Crippen LogP contribution < -0.4 is 4.90 Å². The monoisotopic (exact) mass is 529 g/mol. The van der Waals surface area contributed by atoms with Crippen LogP contribution in [-0.4, -0.2) is 51.8 Å². The Kier molecular flexibility index (Phi) is 5.69. The Labute approximate surface area is 203 Å². The van der Waals surface area contributed by atoms with Crippen LogP contribution in [0, 0.1) is 13.8 Å². The van der Waals surface area contributed by atoms with E-state index in [1.165, 1.54) is 0 Å². The van der Waals surface area contributed by atoms with Crippen molar-refractivity contribution >= 4 is 60.7 Å². The van der Waals surface area contributed by atoms with Gasteiger partial charge < -0.3 is 9.80 Å². The van der Waals surface area contributed by atoms with Crippen molar-refractivity contribution in [2.24, 2.45) is 0 Å². The van der Waals surface area contributed by atoms with Gasteiger partial charge in [-0.25, -0.2) is 9.67 Å². The molecule has 1 aliphatic heterocycles. The number of aromatic nitrogens is 3. The van der Waals surface area contributed by atoms with Crippen molar-refractivity contribution in [2.75, 3.05) is 31.1 Å². The molecule has 1 saturated heterocycles. The SMILES string of the molecule is Cc1cc(C)n(-c2nc3c(N4CCN(C(=O)c5cccc(Br)c5)CC4)c(Cl)ccc3s2)n1. The summed E-state index contributed by atoms with van der Waals surface area (Å²) in [6.07, 6.45) is 0. The summed E-state index contributed by atoms with van der Waals surface area (Å²) in [5.41, 5.74) is 4.53. The van der Waals surface area contributed by atoms with E-state index in [-0.39, 0.29) is 5.91 Å². The normalized spacial score (nSPS) is 14.4. The summed E-state index contributed by atoms with van der Waals surface area (Å²) < 4.78 is 3.86. The first-order valence-electron chi connectivity index (χ1n) is 10.3. The maximum absolute atomic E-state index is 12.9. The van der Waals surface area contributed by atoms with Gasteiger partial charge in [0.25, 0.3) is 5.91 Å². The van der Waals surface area contributed by atoms with Crippen LogP contribution in [0.15, 0.2) is 46.9 Å². The van der Waals surface area contributed by atoms with E-state index in [4.69, 9.17) is 16.6 Å². The Hall–Kier alpha value is -2.42. The molecule has 9 heteroatoms. The molecule has 2 aromatic carbocycles. The van der Waals surface area contributed by atoms with E-state index in [0.717, 1.165) is 36.9 Å². The van der Waals surface area contributed by atoms with Gasteiger partial charge in [0.15, 0.2) is 0 Å². The van der Waals surface area contributed by atoms with Gasteiger partial charge in [-0.1, -0.05) is 44.9 Å². The van der Waals surface area contributed by atoms with Crippen LogP contribution in [0.25, 0.3) is 15.3 Å². The second-order valence-corrected chi connectivity index (χ2v) is 10.2. The van der Waals surface area contributed by atoms with E-state index < -0.39 is 0 Å².